The van der Waals surface area contributed by atoms with Gasteiger partial charge in [-0.3, -0.25) is 4.98 Å². The molecule has 0 radical (unpaired) electrons. The molecule has 0 aliphatic carbocycles. The summed E-state index contributed by atoms with van der Waals surface area (Å²) in [5, 5.41) is 1.02. The minimum atomic E-state index is 0.0186. The van der Waals surface area contributed by atoms with Gasteiger partial charge in [0.05, 0.1) is 5.69 Å². The van der Waals surface area contributed by atoms with Crippen molar-refractivity contribution in [3.8, 4) is 10.6 Å². The van der Waals surface area contributed by atoms with E-state index in [0.29, 0.717) is 0 Å². The zero-order valence-electron chi connectivity index (χ0n) is 11.3. The first-order valence-electron chi connectivity index (χ1n) is 6.07. The molecule has 0 aromatic carbocycles. The van der Waals surface area contributed by atoms with E-state index in [2.05, 4.69) is 25.8 Å². The molecule has 96 valence electrons. The average Bonchev–Trinajstić information content (AvgIpc) is 2.74. The molecule has 3 nitrogen and oxygen atoms in total. The summed E-state index contributed by atoms with van der Waals surface area (Å²) >= 11 is 1.68. The van der Waals surface area contributed by atoms with Crippen molar-refractivity contribution in [3.63, 3.8) is 0 Å². The van der Waals surface area contributed by atoms with Crippen LogP contribution in [-0.2, 0) is 5.41 Å². The highest BCUT2D eigenvalue weighted by atomic mass is 32.1. The third-order valence-electron chi connectivity index (χ3n) is 2.70. The van der Waals surface area contributed by atoms with E-state index in [1.807, 2.05) is 19.1 Å². The van der Waals surface area contributed by atoms with Gasteiger partial charge in [-0.05, 0) is 19.1 Å². The summed E-state index contributed by atoms with van der Waals surface area (Å²) in [6.07, 6.45) is 3.58. The Bertz CT molecular complexity index is 524. The van der Waals surface area contributed by atoms with Gasteiger partial charge in [0.2, 0.25) is 0 Å². The number of nitrogens with zero attached hydrogens (tertiary/aromatic N) is 2. The summed E-state index contributed by atoms with van der Waals surface area (Å²) in [6.45, 7) is 8.53. The van der Waals surface area contributed by atoms with Gasteiger partial charge in [-0.1, -0.05) is 20.8 Å². The second kappa shape index (κ2) is 4.78. The van der Waals surface area contributed by atoms with Crippen molar-refractivity contribution in [2.24, 2.45) is 5.73 Å². The second-order valence-corrected chi connectivity index (χ2v) is 6.54. The van der Waals surface area contributed by atoms with E-state index in [-0.39, 0.29) is 11.5 Å². The zero-order valence-corrected chi connectivity index (χ0v) is 12.1. The highest BCUT2D eigenvalue weighted by Crippen LogP contribution is 2.36. The predicted octanol–water partition coefficient (Wildman–Crippen LogP) is 3.52. The van der Waals surface area contributed by atoms with Crippen molar-refractivity contribution < 1.29 is 0 Å². The summed E-state index contributed by atoms with van der Waals surface area (Å²) in [4.78, 5) is 10.00. The first-order valence-corrected chi connectivity index (χ1v) is 6.88. The van der Waals surface area contributed by atoms with E-state index < -0.39 is 0 Å². The van der Waals surface area contributed by atoms with Gasteiger partial charge in [0, 0.05) is 34.3 Å². The number of pyridine rings is 1. The Balaban J connectivity index is 2.53. The van der Waals surface area contributed by atoms with Gasteiger partial charge >= 0.3 is 0 Å². The lowest BCUT2D eigenvalue weighted by Crippen LogP contribution is -2.17. The first kappa shape index (κ1) is 13.2. The first-order chi connectivity index (χ1) is 8.39. The standard InChI is InChI=1S/C14H19N3S/c1-9(15)11-12(14(2,3)4)17-13(18-11)10-5-7-16-8-6-10/h5-9H,15H2,1-4H3. The Morgan fingerprint density at radius 1 is 1.22 bits per heavy atom. The molecule has 0 amide bonds. The van der Waals surface area contributed by atoms with Crippen LogP contribution in [0.1, 0.15) is 44.3 Å². The van der Waals surface area contributed by atoms with Crippen molar-refractivity contribution >= 4 is 11.3 Å². The molecular weight excluding hydrogens is 242 g/mol. The molecule has 4 heteroatoms. The maximum atomic E-state index is 6.06. The quantitative estimate of drug-likeness (QED) is 0.899. The molecule has 0 saturated heterocycles. The number of aromatic nitrogens is 2. The smallest absolute Gasteiger partial charge is 0.124 e. The molecule has 2 aromatic rings. The average molecular weight is 261 g/mol. The molecule has 2 heterocycles. The molecule has 0 aliphatic heterocycles. The fraction of sp³-hybridized carbons (Fsp3) is 0.429. The molecule has 2 rings (SSSR count). The summed E-state index contributed by atoms with van der Waals surface area (Å²) < 4.78 is 0. The van der Waals surface area contributed by atoms with Gasteiger partial charge in [-0.15, -0.1) is 11.3 Å². The van der Waals surface area contributed by atoms with E-state index in [0.717, 1.165) is 16.3 Å². The zero-order chi connectivity index (χ0) is 13.3. The second-order valence-electron chi connectivity index (χ2n) is 5.51. The Kier molecular flexibility index (Phi) is 3.50. The van der Waals surface area contributed by atoms with Crippen molar-refractivity contribution in [1.29, 1.82) is 0 Å². The Morgan fingerprint density at radius 3 is 2.28 bits per heavy atom. The van der Waals surface area contributed by atoms with E-state index in [1.165, 1.54) is 4.88 Å². The van der Waals surface area contributed by atoms with Crippen LogP contribution in [0.2, 0.25) is 0 Å². The third-order valence-corrected chi connectivity index (χ3v) is 4.01. The van der Waals surface area contributed by atoms with Crippen molar-refractivity contribution in [2.45, 2.75) is 39.2 Å². The topological polar surface area (TPSA) is 51.8 Å². The van der Waals surface area contributed by atoms with E-state index >= 15 is 0 Å². The highest BCUT2D eigenvalue weighted by molar-refractivity contribution is 7.15. The minimum Gasteiger partial charge on any atom is -0.323 e. The molecule has 1 unspecified atom stereocenters. The predicted molar refractivity (Wildman–Crippen MR) is 76.6 cm³/mol. The van der Waals surface area contributed by atoms with Gasteiger partial charge in [-0.2, -0.15) is 0 Å². The largest absolute Gasteiger partial charge is 0.323 e. The van der Waals surface area contributed by atoms with Crippen LogP contribution < -0.4 is 5.73 Å². The molecule has 18 heavy (non-hydrogen) atoms. The summed E-state index contributed by atoms with van der Waals surface area (Å²) in [5.41, 5.74) is 8.29. The molecule has 0 aliphatic rings. The van der Waals surface area contributed by atoms with Gasteiger partial charge in [0.1, 0.15) is 5.01 Å². The summed E-state index contributed by atoms with van der Waals surface area (Å²) in [5.74, 6) is 0. The maximum Gasteiger partial charge on any atom is 0.124 e. The number of hydrogen-bond donors (Lipinski definition) is 1. The highest BCUT2D eigenvalue weighted by Gasteiger charge is 2.25. The fourth-order valence-corrected chi connectivity index (χ4v) is 3.03. The summed E-state index contributed by atoms with van der Waals surface area (Å²) in [7, 11) is 0. The van der Waals surface area contributed by atoms with E-state index in [1.54, 1.807) is 23.7 Å². The van der Waals surface area contributed by atoms with Crippen LogP contribution in [0.5, 0.6) is 0 Å². The normalized spacial score (nSPS) is 13.6. The monoisotopic (exact) mass is 261 g/mol. The van der Waals surface area contributed by atoms with Gasteiger partial charge in [0.25, 0.3) is 0 Å². The molecule has 0 spiro atoms. The SMILES string of the molecule is CC(N)c1sc(-c2ccncc2)nc1C(C)(C)C. The lowest BCUT2D eigenvalue weighted by atomic mass is 9.90. The van der Waals surface area contributed by atoms with Gasteiger partial charge in [0.15, 0.2) is 0 Å². The number of nitrogens with two attached hydrogens (primary N) is 1. The van der Waals surface area contributed by atoms with E-state index in [9.17, 15) is 0 Å². The molecule has 0 bridgehead atoms. The third kappa shape index (κ3) is 2.60. The Hall–Kier alpha value is -1.26. The van der Waals surface area contributed by atoms with Gasteiger partial charge in [-0.25, -0.2) is 4.98 Å². The minimum absolute atomic E-state index is 0.0186. The van der Waals surface area contributed by atoms with Crippen LogP contribution in [0.25, 0.3) is 10.6 Å². The lowest BCUT2D eigenvalue weighted by molar-refractivity contribution is 0.561. The molecular formula is C14H19N3S. The lowest BCUT2D eigenvalue weighted by Gasteiger charge is -2.18. The van der Waals surface area contributed by atoms with Gasteiger partial charge < -0.3 is 5.73 Å². The molecule has 2 aromatic heterocycles. The van der Waals surface area contributed by atoms with Crippen LogP contribution in [-0.4, -0.2) is 9.97 Å². The molecule has 1 atom stereocenters. The van der Waals surface area contributed by atoms with Crippen molar-refractivity contribution in [2.75, 3.05) is 0 Å². The number of rotatable bonds is 2. The summed E-state index contributed by atoms with van der Waals surface area (Å²) in [6, 6.07) is 3.99. The van der Waals surface area contributed by atoms with Crippen molar-refractivity contribution in [1.82, 2.24) is 9.97 Å². The molecule has 2 N–H and O–H groups in total. The van der Waals surface area contributed by atoms with Crippen LogP contribution in [0, 0.1) is 0 Å². The number of thiazole rings is 1. The Morgan fingerprint density at radius 2 is 1.83 bits per heavy atom. The van der Waals surface area contributed by atoms with Crippen molar-refractivity contribution in [3.05, 3.63) is 35.1 Å². The molecule has 0 saturated carbocycles. The molecule has 0 fully saturated rings. The van der Waals surface area contributed by atoms with Crippen LogP contribution >= 0.6 is 11.3 Å². The van der Waals surface area contributed by atoms with E-state index in [4.69, 9.17) is 10.7 Å². The maximum absolute atomic E-state index is 6.06. The number of hydrogen-bond acceptors (Lipinski definition) is 4. The Labute approximate surface area is 112 Å². The van der Waals surface area contributed by atoms with Crippen LogP contribution in [0.15, 0.2) is 24.5 Å². The fourth-order valence-electron chi connectivity index (χ4n) is 1.80. The van der Waals surface area contributed by atoms with Crippen LogP contribution in [0.4, 0.5) is 0 Å². The van der Waals surface area contributed by atoms with Crippen LogP contribution in [0.3, 0.4) is 0 Å².